The molecule has 2 aromatic heterocycles. The maximum absolute atomic E-state index is 14.0. The van der Waals surface area contributed by atoms with Crippen molar-refractivity contribution >= 4 is 0 Å². The molecule has 0 aliphatic rings. The van der Waals surface area contributed by atoms with Gasteiger partial charge in [-0.25, -0.2) is 23.7 Å². The van der Waals surface area contributed by atoms with Gasteiger partial charge in [0, 0.05) is 6.07 Å². The van der Waals surface area contributed by atoms with Crippen molar-refractivity contribution in [3.8, 4) is 11.4 Å². The second-order valence-electron chi connectivity index (χ2n) is 3.69. The molecule has 0 aliphatic heterocycles. The molecule has 0 amide bonds. The van der Waals surface area contributed by atoms with E-state index in [1.165, 1.54) is 34.4 Å². The molecule has 0 saturated carbocycles. The first-order valence-corrected chi connectivity index (χ1v) is 5.27. The van der Waals surface area contributed by atoms with Crippen molar-refractivity contribution < 1.29 is 4.39 Å². The number of benzene rings is 1. The minimum atomic E-state index is -0.392. The molecule has 0 spiro atoms. The van der Waals surface area contributed by atoms with Crippen molar-refractivity contribution in [1.82, 2.24) is 29.5 Å². The van der Waals surface area contributed by atoms with Crippen LogP contribution in [0.1, 0.15) is 5.82 Å². The summed E-state index contributed by atoms with van der Waals surface area (Å²) in [5.74, 6) is 0.235. The molecule has 2 heterocycles. The van der Waals surface area contributed by atoms with Crippen LogP contribution in [0.5, 0.6) is 0 Å². The molecule has 0 saturated heterocycles. The number of hydrogen-bond acceptors (Lipinski definition) is 4. The molecule has 3 rings (SSSR count). The number of aryl methyl sites for hydroxylation is 1. The summed E-state index contributed by atoms with van der Waals surface area (Å²) in [4.78, 5) is 7.78. The van der Waals surface area contributed by atoms with Gasteiger partial charge in [0.25, 0.3) is 0 Å². The lowest BCUT2D eigenvalue weighted by atomic mass is 10.2. The predicted molar refractivity (Wildman–Crippen MR) is 61.0 cm³/mol. The van der Waals surface area contributed by atoms with Crippen LogP contribution in [-0.4, -0.2) is 29.5 Å². The van der Waals surface area contributed by atoms with Crippen LogP contribution in [0.4, 0.5) is 4.39 Å². The van der Waals surface area contributed by atoms with Crippen LogP contribution >= 0.6 is 0 Å². The van der Waals surface area contributed by atoms with Crippen molar-refractivity contribution in [2.24, 2.45) is 0 Å². The Hall–Kier alpha value is -2.57. The highest BCUT2D eigenvalue weighted by Crippen LogP contribution is 2.17. The normalized spacial score (nSPS) is 10.8. The van der Waals surface area contributed by atoms with E-state index in [4.69, 9.17) is 0 Å². The minimum absolute atomic E-state index is 0.355. The molecule has 6 nitrogen and oxygen atoms in total. The summed E-state index contributed by atoms with van der Waals surface area (Å²) in [5, 5.41) is 7.91. The molecular formula is C11H9FN6. The maximum Gasteiger partial charge on any atom is 0.151 e. The third kappa shape index (κ3) is 1.65. The molecule has 1 aromatic carbocycles. The molecule has 0 fully saturated rings. The van der Waals surface area contributed by atoms with Gasteiger partial charge in [-0.1, -0.05) is 0 Å². The number of nitrogens with zero attached hydrogens (tertiary/aromatic N) is 6. The van der Waals surface area contributed by atoms with Crippen molar-refractivity contribution in [2.45, 2.75) is 6.92 Å². The van der Waals surface area contributed by atoms with Crippen molar-refractivity contribution in [2.75, 3.05) is 0 Å². The molecule has 3 aromatic rings. The highest BCUT2D eigenvalue weighted by molar-refractivity contribution is 5.42. The van der Waals surface area contributed by atoms with E-state index in [-0.39, 0.29) is 0 Å². The summed E-state index contributed by atoms with van der Waals surface area (Å²) < 4.78 is 17.0. The van der Waals surface area contributed by atoms with Crippen LogP contribution in [0.15, 0.2) is 37.2 Å². The Morgan fingerprint density at radius 1 is 1.17 bits per heavy atom. The third-order valence-electron chi connectivity index (χ3n) is 2.56. The zero-order valence-electron chi connectivity index (χ0n) is 9.53. The van der Waals surface area contributed by atoms with E-state index in [0.717, 1.165) is 0 Å². The molecule has 0 atom stereocenters. The van der Waals surface area contributed by atoms with Gasteiger partial charge in [0.05, 0.1) is 5.69 Å². The van der Waals surface area contributed by atoms with Crippen LogP contribution < -0.4 is 0 Å². The molecule has 18 heavy (non-hydrogen) atoms. The van der Waals surface area contributed by atoms with E-state index in [9.17, 15) is 4.39 Å². The number of aromatic nitrogens is 6. The number of halogens is 1. The lowest BCUT2D eigenvalue weighted by Crippen LogP contribution is -2.04. The van der Waals surface area contributed by atoms with E-state index in [0.29, 0.717) is 17.2 Å². The largest absolute Gasteiger partial charge is 0.223 e. The van der Waals surface area contributed by atoms with Gasteiger partial charge in [0.1, 0.15) is 30.5 Å². The summed E-state index contributed by atoms with van der Waals surface area (Å²) >= 11 is 0. The molecule has 0 N–H and O–H groups in total. The summed E-state index contributed by atoms with van der Waals surface area (Å²) in [6, 6.07) is 4.76. The quantitative estimate of drug-likeness (QED) is 0.681. The molecule has 7 heteroatoms. The highest BCUT2D eigenvalue weighted by atomic mass is 19.1. The van der Waals surface area contributed by atoms with Gasteiger partial charge in [0.2, 0.25) is 0 Å². The lowest BCUT2D eigenvalue weighted by molar-refractivity contribution is 0.606. The van der Waals surface area contributed by atoms with E-state index in [1.807, 2.05) is 0 Å². The fourth-order valence-corrected chi connectivity index (χ4v) is 1.69. The summed E-state index contributed by atoms with van der Waals surface area (Å²) in [5.41, 5.74) is 0.959. The predicted octanol–water partition coefficient (Wildman–Crippen LogP) is 1.30. The first-order chi connectivity index (χ1) is 8.75. The SMILES string of the molecule is Cc1ncnn1-c1ccc(-n2cncn2)cc1F. The van der Waals surface area contributed by atoms with Crippen molar-refractivity contribution in [3.05, 3.63) is 48.8 Å². The zero-order valence-corrected chi connectivity index (χ0v) is 9.53. The Balaban J connectivity index is 2.08. The molecule has 0 radical (unpaired) electrons. The van der Waals surface area contributed by atoms with Crippen molar-refractivity contribution in [3.63, 3.8) is 0 Å². The summed E-state index contributed by atoms with van der Waals surface area (Å²) in [6.07, 6.45) is 4.29. The Morgan fingerprint density at radius 2 is 2.06 bits per heavy atom. The fourth-order valence-electron chi connectivity index (χ4n) is 1.69. The molecule has 0 unspecified atom stereocenters. The average Bonchev–Trinajstić information content (AvgIpc) is 3.00. The van der Waals surface area contributed by atoms with Crippen LogP contribution in [0.3, 0.4) is 0 Å². The van der Waals surface area contributed by atoms with Gasteiger partial charge >= 0.3 is 0 Å². The van der Waals surface area contributed by atoms with Gasteiger partial charge < -0.3 is 0 Å². The monoisotopic (exact) mass is 244 g/mol. The van der Waals surface area contributed by atoms with Crippen LogP contribution in [0, 0.1) is 12.7 Å². The fraction of sp³-hybridized carbons (Fsp3) is 0.0909. The van der Waals surface area contributed by atoms with E-state index in [2.05, 4.69) is 20.2 Å². The molecular weight excluding hydrogens is 235 g/mol. The topological polar surface area (TPSA) is 61.4 Å². The highest BCUT2D eigenvalue weighted by Gasteiger charge is 2.09. The average molecular weight is 244 g/mol. The Morgan fingerprint density at radius 3 is 2.67 bits per heavy atom. The second-order valence-corrected chi connectivity index (χ2v) is 3.69. The smallest absolute Gasteiger partial charge is 0.151 e. The first-order valence-electron chi connectivity index (χ1n) is 5.27. The number of rotatable bonds is 2. The standard InChI is InChI=1S/C11H9FN6/c1-8-14-6-16-18(8)11-3-2-9(4-10(11)12)17-7-13-5-15-17/h2-7H,1H3. The zero-order chi connectivity index (χ0) is 12.5. The lowest BCUT2D eigenvalue weighted by Gasteiger charge is -2.06. The van der Waals surface area contributed by atoms with E-state index < -0.39 is 5.82 Å². The second kappa shape index (κ2) is 4.02. The van der Waals surface area contributed by atoms with Crippen molar-refractivity contribution in [1.29, 1.82) is 0 Å². The van der Waals surface area contributed by atoms with Gasteiger partial charge in [-0.3, -0.25) is 0 Å². The van der Waals surface area contributed by atoms with Gasteiger partial charge in [-0.15, -0.1) is 0 Å². The third-order valence-corrected chi connectivity index (χ3v) is 2.56. The van der Waals surface area contributed by atoms with Crippen LogP contribution in [0.2, 0.25) is 0 Å². The Labute approximate surface area is 102 Å². The molecule has 0 bridgehead atoms. The van der Waals surface area contributed by atoms with Gasteiger partial charge in [-0.2, -0.15) is 10.2 Å². The minimum Gasteiger partial charge on any atom is -0.223 e. The maximum atomic E-state index is 14.0. The van der Waals surface area contributed by atoms with Gasteiger partial charge in [0.15, 0.2) is 5.82 Å². The molecule has 90 valence electrons. The van der Waals surface area contributed by atoms with Crippen LogP contribution in [-0.2, 0) is 0 Å². The van der Waals surface area contributed by atoms with Crippen LogP contribution in [0.25, 0.3) is 11.4 Å². The Bertz CT molecular complexity index is 673. The Kier molecular flexibility index (Phi) is 2.36. The first kappa shape index (κ1) is 10.6. The number of hydrogen-bond donors (Lipinski definition) is 0. The van der Waals surface area contributed by atoms with E-state index in [1.54, 1.807) is 19.1 Å². The summed E-state index contributed by atoms with van der Waals surface area (Å²) in [7, 11) is 0. The molecule has 0 aliphatic carbocycles. The van der Waals surface area contributed by atoms with E-state index >= 15 is 0 Å². The van der Waals surface area contributed by atoms with Gasteiger partial charge in [-0.05, 0) is 19.1 Å². The summed E-state index contributed by atoms with van der Waals surface area (Å²) in [6.45, 7) is 1.76.